The average molecular weight is 299 g/mol. The second-order valence-electron chi connectivity index (χ2n) is 4.94. The van der Waals surface area contributed by atoms with E-state index >= 15 is 0 Å². The number of carbonyl (C=O) groups excluding carboxylic acids is 1. The number of para-hydroxylation sites is 2. The van der Waals surface area contributed by atoms with E-state index in [1.807, 2.05) is 24.3 Å². The molecule has 2 aromatic carbocycles. The van der Waals surface area contributed by atoms with Crippen molar-refractivity contribution in [3.05, 3.63) is 54.1 Å². The van der Waals surface area contributed by atoms with Crippen LogP contribution in [0.25, 0.3) is 0 Å². The smallest absolute Gasteiger partial charge is 0.251 e. The Balaban J connectivity index is 1.55. The Hall–Kier alpha value is -2.69. The lowest BCUT2D eigenvalue weighted by atomic mass is 10.2. The number of fused-ring (bicyclic) bond motifs is 1. The molecule has 3 rings (SSSR count). The molecule has 5 nitrogen and oxygen atoms in total. The fourth-order valence-electron chi connectivity index (χ4n) is 2.21. The van der Waals surface area contributed by atoms with Gasteiger partial charge in [0.15, 0.2) is 11.5 Å². The normalized spacial score (nSPS) is 16.0. The third kappa shape index (κ3) is 3.14. The number of ether oxygens (including phenoxy) is 3. The highest BCUT2D eigenvalue weighted by molar-refractivity contribution is 5.94. The van der Waals surface area contributed by atoms with E-state index in [0.29, 0.717) is 24.5 Å². The molecule has 0 radical (unpaired) electrons. The molecular formula is C17H17NO4. The van der Waals surface area contributed by atoms with Crippen molar-refractivity contribution in [1.82, 2.24) is 5.32 Å². The van der Waals surface area contributed by atoms with Gasteiger partial charge in [0.05, 0.1) is 13.7 Å². The lowest BCUT2D eigenvalue weighted by molar-refractivity contribution is 0.0789. The molecule has 2 aromatic rings. The summed E-state index contributed by atoms with van der Waals surface area (Å²) >= 11 is 0. The first-order chi connectivity index (χ1) is 10.8. The van der Waals surface area contributed by atoms with Gasteiger partial charge in [0, 0.05) is 5.56 Å². The Bertz CT molecular complexity index is 654. The molecule has 0 aliphatic carbocycles. The van der Waals surface area contributed by atoms with Crippen LogP contribution in [0.5, 0.6) is 17.2 Å². The minimum atomic E-state index is -0.197. The maximum atomic E-state index is 12.1. The molecule has 1 heterocycles. The van der Waals surface area contributed by atoms with Crippen molar-refractivity contribution in [2.45, 2.75) is 6.10 Å². The van der Waals surface area contributed by atoms with E-state index < -0.39 is 0 Å². The fraction of sp³-hybridized carbons (Fsp3) is 0.235. The van der Waals surface area contributed by atoms with Crippen LogP contribution in [0, 0.1) is 0 Å². The number of amides is 1. The van der Waals surface area contributed by atoms with Gasteiger partial charge in [-0.15, -0.1) is 0 Å². The minimum Gasteiger partial charge on any atom is -0.497 e. The van der Waals surface area contributed by atoms with Gasteiger partial charge in [0.25, 0.3) is 5.91 Å². The van der Waals surface area contributed by atoms with Gasteiger partial charge in [-0.05, 0) is 36.4 Å². The van der Waals surface area contributed by atoms with Crippen molar-refractivity contribution in [2.24, 2.45) is 0 Å². The molecule has 1 N–H and O–H groups in total. The van der Waals surface area contributed by atoms with Crippen molar-refractivity contribution in [3.8, 4) is 17.2 Å². The molecular weight excluding hydrogens is 282 g/mol. The summed E-state index contributed by atoms with van der Waals surface area (Å²) < 4.78 is 16.5. The molecule has 22 heavy (non-hydrogen) atoms. The molecule has 1 aliphatic rings. The third-order valence-corrected chi connectivity index (χ3v) is 3.41. The van der Waals surface area contributed by atoms with E-state index in [1.165, 1.54) is 0 Å². The maximum Gasteiger partial charge on any atom is 0.251 e. The summed E-state index contributed by atoms with van der Waals surface area (Å²) in [6, 6.07) is 14.5. The van der Waals surface area contributed by atoms with Gasteiger partial charge in [-0.2, -0.15) is 0 Å². The summed E-state index contributed by atoms with van der Waals surface area (Å²) in [5, 5.41) is 2.85. The first kappa shape index (κ1) is 14.3. The van der Waals surface area contributed by atoms with Gasteiger partial charge in [0.1, 0.15) is 18.5 Å². The summed E-state index contributed by atoms with van der Waals surface area (Å²) in [5.41, 5.74) is 0.581. The highest BCUT2D eigenvalue weighted by Gasteiger charge is 2.21. The number of rotatable bonds is 4. The van der Waals surface area contributed by atoms with E-state index in [9.17, 15) is 4.79 Å². The first-order valence-corrected chi connectivity index (χ1v) is 7.07. The molecule has 0 unspecified atom stereocenters. The lowest BCUT2D eigenvalue weighted by Gasteiger charge is -2.26. The van der Waals surface area contributed by atoms with E-state index in [-0.39, 0.29) is 12.0 Å². The van der Waals surface area contributed by atoms with Crippen LogP contribution >= 0.6 is 0 Å². The van der Waals surface area contributed by atoms with Crippen molar-refractivity contribution in [3.63, 3.8) is 0 Å². The van der Waals surface area contributed by atoms with Gasteiger partial charge in [0.2, 0.25) is 0 Å². The second kappa shape index (κ2) is 6.39. The van der Waals surface area contributed by atoms with Crippen LogP contribution in [0.1, 0.15) is 10.4 Å². The van der Waals surface area contributed by atoms with Gasteiger partial charge in [-0.25, -0.2) is 0 Å². The molecule has 0 spiro atoms. The van der Waals surface area contributed by atoms with Gasteiger partial charge >= 0.3 is 0 Å². The zero-order valence-electron chi connectivity index (χ0n) is 12.2. The largest absolute Gasteiger partial charge is 0.497 e. The Morgan fingerprint density at radius 2 is 1.91 bits per heavy atom. The highest BCUT2D eigenvalue weighted by Crippen LogP contribution is 2.30. The number of hydrogen-bond acceptors (Lipinski definition) is 4. The molecule has 0 saturated heterocycles. The summed E-state index contributed by atoms with van der Waals surface area (Å²) in [7, 11) is 1.59. The van der Waals surface area contributed by atoms with Crippen LogP contribution in [0.2, 0.25) is 0 Å². The Morgan fingerprint density at radius 1 is 1.18 bits per heavy atom. The highest BCUT2D eigenvalue weighted by atomic mass is 16.6. The average Bonchev–Trinajstić information content (AvgIpc) is 2.59. The van der Waals surface area contributed by atoms with Crippen LogP contribution in [0.4, 0.5) is 0 Å². The summed E-state index contributed by atoms with van der Waals surface area (Å²) in [5.74, 6) is 2.01. The zero-order chi connectivity index (χ0) is 15.4. The van der Waals surface area contributed by atoms with E-state index in [2.05, 4.69) is 5.32 Å². The molecule has 0 saturated carbocycles. The minimum absolute atomic E-state index is 0.148. The monoisotopic (exact) mass is 299 g/mol. The van der Waals surface area contributed by atoms with Crippen LogP contribution in [-0.2, 0) is 0 Å². The quantitative estimate of drug-likeness (QED) is 0.941. The summed E-state index contributed by atoms with van der Waals surface area (Å²) in [4.78, 5) is 12.1. The molecule has 5 heteroatoms. The Labute approximate surface area is 128 Å². The van der Waals surface area contributed by atoms with Crippen LogP contribution < -0.4 is 19.5 Å². The molecule has 0 aromatic heterocycles. The number of hydrogen-bond donors (Lipinski definition) is 1. The standard InChI is InChI=1S/C17H17NO4/c1-20-13-8-6-12(7-9-13)17(19)18-10-14-11-21-15-4-2-3-5-16(15)22-14/h2-9,14H,10-11H2,1H3,(H,18,19)/t14-/m1/s1. The predicted octanol–water partition coefficient (Wildman–Crippen LogP) is 2.27. The molecule has 0 bridgehead atoms. The van der Waals surface area contributed by atoms with Crippen molar-refractivity contribution >= 4 is 5.91 Å². The van der Waals surface area contributed by atoms with E-state index in [1.54, 1.807) is 31.4 Å². The fourth-order valence-corrected chi connectivity index (χ4v) is 2.21. The topological polar surface area (TPSA) is 56.8 Å². The van der Waals surface area contributed by atoms with E-state index in [4.69, 9.17) is 14.2 Å². The number of methoxy groups -OCH3 is 1. The van der Waals surface area contributed by atoms with Crippen molar-refractivity contribution in [2.75, 3.05) is 20.3 Å². The maximum absolute atomic E-state index is 12.1. The summed E-state index contributed by atoms with van der Waals surface area (Å²) in [6.07, 6.45) is -0.197. The first-order valence-electron chi connectivity index (χ1n) is 7.07. The Kier molecular flexibility index (Phi) is 4.14. The third-order valence-electron chi connectivity index (χ3n) is 3.41. The van der Waals surface area contributed by atoms with Crippen LogP contribution in [0.3, 0.4) is 0 Å². The lowest BCUT2D eigenvalue weighted by Crippen LogP contribution is -2.40. The predicted molar refractivity (Wildman–Crippen MR) is 81.7 cm³/mol. The van der Waals surface area contributed by atoms with Gasteiger partial charge < -0.3 is 19.5 Å². The second-order valence-corrected chi connectivity index (χ2v) is 4.94. The van der Waals surface area contributed by atoms with Gasteiger partial charge in [-0.1, -0.05) is 12.1 Å². The van der Waals surface area contributed by atoms with Gasteiger partial charge in [-0.3, -0.25) is 4.79 Å². The van der Waals surface area contributed by atoms with Crippen LogP contribution in [0.15, 0.2) is 48.5 Å². The van der Waals surface area contributed by atoms with Crippen molar-refractivity contribution in [1.29, 1.82) is 0 Å². The molecule has 1 atom stereocenters. The van der Waals surface area contributed by atoms with E-state index in [0.717, 1.165) is 11.5 Å². The van der Waals surface area contributed by atoms with Crippen LogP contribution in [-0.4, -0.2) is 32.3 Å². The molecule has 1 amide bonds. The SMILES string of the molecule is COc1ccc(C(=O)NC[C@@H]2COc3ccccc3O2)cc1. The zero-order valence-corrected chi connectivity index (χ0v) is 12.2. The number of benzene rings is 2. The Morgan fingerprint density at radius 3 is 2.64 bits per heavy atom. The molecule has 114 valence electrons. The molecule has 1 aliphatic heterocycles. The number of nitrogens with one attached hydrogen (secondary N) is 1. The number of carbonyl (C=O) groups is 1. The van der Waals surface area contributed by atoms with Crippen molar-refractivity contribution < 1.29 is 19.0 Å². The molecule has 0 fully saturated rings. The summed E-state index contributed by atoms with van der Waals surface area (Å²) in [6.45, 7) is 0.805.